The van der Waals surface area contributed by atoms with Gasteiger partial charge in [0.15, 0.2) is 5.69 Å². The summed E-state index contributed by atoms with van der Waals surface area (Å²) < 4.78 is 2.23. The Morgan fingerprint density at radius 1 is 1.00 bits per heavy atom. The van der Waals surface area contributed by atoms with Crippen LogP contribution in [0.2, 0.25) is 0 Å². The fourth-order valence-corrected chi connectivity index (χ4v) is 3.49. The molecule has 30 heavy (non-hydrogen) atoms. The van der Waals surface area contributed by atoms with Crippen molar-refractivity contribution in [1.29, 1.82) is 0 Å². The molecule has 4 rings (SSSR count). The second-order valence-electron chi connectivity index (χ2n) is 6.60. The van der Waals surface area contributed by atoms with Crippen molar-refractivity contribution in [3.63, 3.8) is 0 Å². The first-order valence-corrected chi connectivity index (χ1v) is 10.0. The molecule has 0 radical (unpaired) electrons. The molecule has 1 aromatic heterocycles. The number of hydrogen-bond acceptors (Lipinski definition) is 4. The quantitative estimate of drug-likeness (QED) is 0.361. The minimum Gasteiger partial charge on any atom is -0.267 e. The third-order valence-electron chi connectivity index (χ3n) is 4.49. The van der Waals surface area contributed by atoms with E-state index in [0.717, 1.165) is 15.6 Å². The molecule has 0 aliphatic heterocycles. The normalized spacial score (nSPS) is 11.1. The van der Waals surface area contributed by atoms with Crippen LogP contribution in [0.1, 0.15) is 21.6 Å². The standard InChI is InChI=1S/C23H17BrN4O2/c24-18-10-6-9-17(13-18)14-25-26-22(29)21-19-11-4-5-12-20(19)23(30)28(27-21)15-16-7-2-1-3-8-16/h1-14H,15H2,(H,26,29)/b25-14-. The SMILES string of the molecule is O=C(N/N=C\c1cccc(Br)c1)c1nn(Cc2ccccc2)c(=O)c2ccccc12. The Morgan fingerprint density at radius 3 is 2.50 bits per heavy atom. The van der Waals surface area contributed by atoms with Crippen LogP contribution in [0, 0.1) is 0 Å². The Bertz CT molecular complexity index is 1300. The number of nitrogens with zero attached hydrogens (tertiary/aromatic N) is 3. The first-order valence-electron chi connectivity index (χ1n) is 9.24. The van der Waals surface area contributed by atoms with Crippen LogP contribution in [-0.4, -0.2) is 21.9 Å². The Morgan fingerprint density at radius 2 is 1.73 bits per heavy atom. The summed E-state index contributed by atoms with van der Waals surface area (Å²) in [5.41, 5.74) is 4.15. The molecule has 0 bridgehead atoms. The van der Waals surface area contributed by atoms with Crippen molar-refractivity contribution in [2.45, 2.75) is 6.54 Å². The zero-order valence-electron chi connectivity index (χ0n) is 15.8. The molecular formula is C23H17BrN4O2. The van der Waals surface area contributed by atoms with Gasteiger partial charge in [-0.25, -0.2) is 10.1 Å². The van der Waals surface area contributed by atoms with Crippen LogP contribution in [-0.2, 0) is 6.54 Å². The van der Waals surface area contributed by atoms with E-state index in [4.69, 9.17) is 0 Å². The molecule has 0 saturated carbocycles. The molecule has 7 heteroatoms. The molecule has 0 fully saturated rings. The zero-order chi connectivity index (χ0) is 20.9. The van der Waals surface area contributed by atoms with E-state index >= 15 is 0 Å². The smallest absolute Gasteiger partial charge is 0.267 e. The monoisotopic (exact) mass is 460 g/mol. The number of rotatable bonds is 5. The van der Waals surface area contributed by atoms with Crippen LogP contribution in [0.25, 0.3) is 10.8 Å². The third kappa shape index (κ3) is 4.36. The Hall–Kier alpha value is -3.58. The summed E-state index contributed by atoms with van der Waals surface area (Å²) in [5.74, 6) is -0.487. The van der Waals surface area contributed by atoms with Crippen molar-refractivity contribution >= 4 is 38.8 Å². The maximum absolute atomic E-state index is 12.9. The average Bonchev–Trinajstić information content (AvgIpc) is 2.76. The molecule has 0 aliphatic carbocycles. The highest BCUT2D eigenvalue weighted by Crippen LogP contribution is 2.14. The minimum absolute atomic E-state index is 0.146. The zero-order valence-corrected chi connectivity index (χ0v) is 17.4. The average molecular weight is 461 g/mol. The van der Waals surface area contributed by atoms with Crippen molar-refractivity contribution in [1.82, 2.24) is 15.2 Å². The van der Waals surface area contributed by atoms with Crippen molar-refractivity contribution < 1.29 is 4.79 Å². The summed E-state index contributed by atoms with van der Waals surface area (Å²) >= 11 is 3.40. The number of fused-ring (bicyclic) bond motifs is 1. The van der Waals surface area contributed by atoms with E-state index in [2.05, 4.69) is 31.6 Å². The van der Waals surface area contributed by atoms with E-state index < -0.39 is 5.91 Å². The molecule has 3 aromatic carbocycles. The Labute approximate surface area is 181 Å². The molecule has 0 unspecified atom stereocenters. The van der Waals surface area contributed by atoms with Gasteiger partial charge in [0.2, 0.25) is 0 Å². The fraction of sp³-hybridized carbons (Fsp3) is 0.0435. The van der Waals surface area contributed by atoms with Crippen LogP contribution < -0.4 is 11.0 Å². The number of hydrazone groups is 1. The number of hydrogen-bond donors (Lipinski definition) is 1. The lowest BCUT2D eigenvalue weighted by Gasteiger charge is -2.10. The molecule has 148 valence electrons. The molecule has 0 aliphatic rings. The van der Waals surface area contributed by atoms with E-state index in [0.29, 0.717) is 10.8 Å². The van der Waals surface area contributed by atoms with E-state index in [9.17, 15) is 9.59 Å². The first-order chi connectivity index (χ1) is 14.6. The maximum atomic E-state index is 12.9. The van der Waals surface area contributed by atoms with E-state index in [1.54, 1.807) is 30.5 Å². The Balaban J connectivity index is 1.67. The maximum Gasteiger partial charge on any atom is 0.292 e. The molecule has 1 amide bonds. The van der Waals surface area contributed by atoms with Crippen LogP contribution >= 0.6 is 15.9 Å². The second-order valence-corrected chi connectivity index (χ2v) is 7.51. The largest absolute Gasteiger partial charge is 0.292 e. The predicted molar refractivity (Wildman–Crippen MR) is 121 cm³/mol. The lowest BCUT2D eigenvalue weighted by molar-refractivity contribution is 0.0949. The highest BCUT2D eigenvalue weighted by atomic mass is 79.9. The fourth-order valence-electron chi connectivity index (χ4n) is 3.07. The van der Waals surface area contributed by atoms with E-state index in [-0.39, 0.29) is 17.8 Å². The van der Waals surface area contributed by atoms with Crippen molar-refractivity contribution in [3.8, 4) is 0 Å². The van der Waals surface area contributed by atoms with Gasteiger partial charge in [-0.1, -0.05) is 76.6 Å². The lowest BCUT2D eigenvalue weighted by atomic mass is 10.1. The molecule has 1 N–H and O–H groups in total. The van der Waals surface area contributed by atoms with Crippen molar-refractivity contribution in [3.05, 3.63) is 111 Å². The third-order valence-corrected chi connectivity index (χ3v) is 4.98. The predicted octanol–water partition coefficient (Wildman–Crippen LogP) is 3.97. The van der Waals surface area contributed by atoms with Crippen molar-refractivity contribution in [2.24, 2.45) is 5.10 Å². The molecule has 0 spiro atoms. The van der Waals surface area contributed by atoms with Gasteiger partial charge in [-0.05, 0) is 29.3 Å². The molecule has 0 saturated heterocycles. The summed E-state index contributed by atoms with van der Waals surface area (Å²) in [6.07, 6.45) is 1.55. The van der Waals surface area contributed by atoms with Gasteiger partial charge in [0.1, 0.15) is 0 Å². The van der Waals surface area contributed by atoms with Gasteiger partial charge in [-0.3, -0.25) is 9.59 Å². The number of carbonyl (C=O) groups excluding carboxylic acids is 1. The molecule has 4 aromatic rings. The second kappa shape index (κ2) is 8.84. The summed E-state index contributed by atoms with van der Waals surface area (Å²) in [6.45, 7) is 0.270. The highest BCUT2D eigenvalue weighted by Gasteiger charge is 2.16. The van der Waals surface area contributed by atoms with Crippen LogP contribution in [0.3, 0.4) is 0 Å². The summed E-state index contributed by atoms with van der Waals surface area (Å²) in [7, 11) is 0. The molecule has 6 nitrogen and oxygen atoms in total. The van der Waals surface area contributed by atoms with E-state index in [1.165, 1.54) is 4.68 Å². The number of amides is 1. The van der Waals surface area contributed by atoms with Crippen LogP contribution in [0.5, 0.6) is 0 Å². The number of aromatic nitrogens is 2. The highest BCUT2D eigenvalue weighted by molar-refractivity contribution is 9.10. The van der Waals surface area contributed by atoms with Crippen LogP contribution in [0.15, 0.2) is 93.2 Å². The summed E-state index contributed by atoms with van der Waals surface area (Å²) in [5, 5.41) is 9.30. The topological polar surface area (TPSA) is 76.3 Å². The molecule has 0 atom stereocenters. The summed E-state index contributed by atoms with van der Waals surface area (Å²) in [6, 6.07) is 24.0. The molecule has 1 heterocycles. The summed E-state index contributed by atoms with van der Waals surface area (Å²) in [4.78, 5) is 25.7. The van der Waals surface area contributed by atoms with Gasteiger partial charge < -0.3 is 0 Å². The minimum atomic E-state index is -0.487. The van der Waals surface area contributed by atoms with Gasteiger partial charge in [0, 0.05) is 9.86 Å². The van der Waals surface area contributed by atoms with Crippen molar-refractivity contribution in [2.75, 3.05) is 0 Å². The Kier molecular flexibility index (Phi) is 5.81. The number of nitrogens with one attached hydrogen (secondary N) is 1. The van der Waals surface area contributed by atoms with Gasteiger partial charge in [-0.2, -0.15) is 10.2 Å². The lowest BCUT2D eigenvalue weighted by Crippen LogP contribution is -2.29. The number of benzene rings is 3. The van der Waals surface area contributed by atoms with Crippen LogP contribution in [0.4, 0.5) is 0 Å². The first kappa shape index (κ1) is 19.7. The van der Waals surface area contributed by atoms with Gasteiger partial charge in [0.05, 0.1) is 18.1 Å². The number of carbonyl (C=O) groups is 1. The van der Waals surface area contributed by atoms with E-state index in [1.807, 2.05) is 54.6 Å². The number of halogens is 1. The van der Waals surface area contributed by atoms with Gasteiger partial charge >= 0.3 is 0 Å². The van der Waals surface area contributed by atoms with Gasteiger partial charge in [-0.15, -0.1) is 0 Å². The molecular weight excluding hydrogens is 444 g/mol. The van der Waals surface area contributed by atoms with Gasteiger partial charge in [0.25, 0.3) is 11.5 Å².